The van der Waals surface area contributed by atoms with Crippen molar-refractivity contribution in [1.29, 1.82) is 0 Å². The summed E-state index contributed by atoms with van der Waals surface area (Å²) in [5.74, 6) is 0.380. The van der Waals surface area contributed by atoms with Gasteiger partial charge < -0.3 is 5.21 Å². The van der Waals surface area contributed by atoms with E-state index in [0.29, 0.717) is 5.82 Å². The summed E-state index contributed by atoms with van der Waals surface area (Å²) in [6.07, 6.45) is 4.31. The fraction of sp³-hybridized carbons (Fsp3) is 0. The maximum atomic E-state index is 8.07. The maximum Gasteiger partial charge on any atom is 0.173 e. The molecule has 0 saturated heterocycles. The molecule has 52 valence electrons. The summed E-state index contributed by atoms with van der Waals surface area (Å²) in [4.78, 5) is 7.60. The standard InChI is InChI=1S/C5H4BrN3O/c6-4-1-7-5(3-9-10)8-2-4/h1-3,10H. The Morgan fingerprint density at radius 2 is 2.10 bits per heavy atom. The van der Waals surface area contributed by atoms with Gasteiger partial charge in [-0.25, -0.2) is 9.97 Å². The monoisotopic (exact) mass is 201 g/mol. The Hall–Kier alpha value is -0.970. The lowest BCUT2D eigenvalue weighted by Crippen LogP contribution is -1.90. The molecule has 0 fully saturated rings. The average Bonchev–Trinajstić information content (AvgIpc) is 1.95. The van der Waals surface area contributed by atoms with Crippen molar-refractivity contribution in [3.05, 3.63) is 22.7 Å². The first kappa shape index (κ1) is 7.14. The zero-order valence-electron chi connectivity index (χ0n) is 4.90. The van der Waals surface area contributed by atoms with Crippen LogP contribution < -0.4 is 0 Å². The van der Waals surface area contributed by atoms with Gasteiger partial charge in [-0.1, -0.05) is 5.16 Å². The van der Waals surface area contributed by atoms with Crippen LogP contribution in [0.3, 0.4) is 0 Å². The minimum atomic E-state index is 0.380. The highest BCUT2D eigenvalue weighted by molar-refractivity contribution is 9.10. The number of aromatic nitrogens is 2. The van der Waals surface area contributed by atoms with Gasteiger partial charge in [0, 0.05) is 12.4 Å². The fourth-order valence-corrected chi connectivity index (χ4v) is 0.645. The first-order valence-electron chi connectivity index (χ1n) is 2.48. The molecule has 10 heavy (non-hydrogen) atoms. The van der Waals surface area contributed by atoms with Crippen LogP contribution in [0.15, 0.2) is 22.0 Å². The predicted molar refractivity (Wildman–Crippen MR) is 39.1 cm³/mol. The van der Waals surface area contributed by atoms with Gasteiger partial charge >= 0.3 is 0 Å². The molecule has 0 radical (unpaired) electrons. The molecule has 1 heterocycles. The van der Waals surface area contributed by atoms with E-state index in [9.17, 15) is 0 Å². The van der Waals surface area contributed by atoms with Crippen molar-refractivity contribution in [3.63, 3.8) is 0 Å². The van der Waals surface area contributed by atoms with Crippen LogP contribution in [0.5, 0.6) is 0 Å². The van der Waals surface area contributed by atoms with E-state index in [0.717, 1.165) is 10.7 Å². The van der Waals surface area contributed by atoms with E-state index >= 15 is 0 Å². The lowest BCUT2D eigenvalue weighted by Gasteiger charge is -1.88. The summed E-state index contributed by atoms with van der Waals surface area (Å²) in [5.41, 5.74) is 0. The quantitative estimate of drug-likeness (QED) is 0.420. The summed E-state index contributed by atoms with van der Waals surface area (Å²) in [6, 6.07) is 0. The van der Waals surface area contributed by atoms with Crippen LogP contribution in [-0.4, -0.2) is 21.4 Å². The van der Waals surface area contributed by atoms with Crippen LogP contribution in [-0.2, 0) is 0 Å². The Kier molecular flexibility index (Phi) is 2.33. The number of halogens is 1. The summed E-state index contributed by atoms with van der Waals surface area (Å²) < 4.78 is 0.794. The lowest BCUT2D eigenvalue weighted by molar-refractivity contribution is 0.321. The van der Waals surface area contributed by atoms with Crippen LogP contribution in [0.4, 0.5) is 0 Å². The molecule has 1 rings (SSSR count). The summed E-state index contributed by atoms with van der Waals surface area (Å²) in [7, 11) is 0. The molecule has 0 aliphatic rings. The van der Waals surface area contributed by atoms with Crippen molar-refractivity contribution in [2.45, 2.75) is 0 Å². The van der Waals surface area contributed by atoms with E-state index in [1.165, 1.54) is 0 Å². The van der Waals surface area contributed by atoms with Gasteiger partial charge in [-0.2, -0.15) is 0 Å². The molecule has 0 atom stereocenters. The highest BCUT2D eigenvalue weighted by atomic mass is 79.9. The van der Waals surface area contributed by atoms with E-state index in [2.05, 4.69) is 31.1 Å². The number of oxime groups is 1. The highest BCUT2D eigenvalue weighted by Crippen LogP contribution is 2.02. The summed E-state index contributed by atoms with van der Waals surface area (Å²) >= 11 is 3.16. The number of rotatable bonds is 1. The average molecular weight is 202 g/mol. The fourth-order valence-electron chi connectivity index (χ4n) is 0.441. The van der Waals surface area contributed by atoms with Crippen molar-refractivity contribution in [2.75, 3.05) is 0 Å². The topological polar surface area (TPSA) is 58.4 Å². The Bertz CT molecular complexity index is 233. The molecule has 0 spiro atoms. The molecule has 0 amide bonds. The van der Waals surface area contributed by atoms with Gasteiger partial charge in [0.2, 0.25) is 0 Å². The Balaban J connectivity index is 2.89. The molecule has 5 heteroatoms. The molecule has 1 aromatic rings. The second kappa shape index (κ2) is 3.26. The van der Waals surface area contributed by atoms with Crippen LogP contribution in [0, 0.1) is 0 Å². The summed E-state index contributed by atoms with van der Waals surface area (Å²) in [6.45, 7) is 0. The van der Waals surface area contributed by atoms with E-state index in [1.54, 1.807) is 12.4 Å². The number of hydrogen-bond acceptors (Lipinski definition) is 4. The molecular weight excluding hydrogens is 198 g/mol. The van der Waals surface area contributed by atoms with Crippen LogP contribution in [0.25, 0.3) is 0 Å². The first-order valence-corrected chi connectivity index (χ1v) is 3.27. The maximum absolute atomic E-state index is 8.07. The van der Waals surface area contributed by atoms with Crippen molar-refractivity contribution >= 4 is 22.1 Å². The zero-order chi connectivity index (χ0) is 7.40. The van der Waals surface area contributed by atoms with E-state index in [1.807, 2.05) is 0 Å². The SMILES string of the molecule is ON=Cc1ncc(Br)cn1. The predicted octanol–water partition coefficient (Wildman–Crippen LogP) is 1.05. The Labute approximate surface area is 65.7 Å². The molecule has 1 aromatic heterocycles. The first-order chi connectivity index (χ1) is 4.83. The van der Waals surface area contributed by atoms with Gasteiger partial charge in [0.25, 0.3) is 0 Å². The van der Waals surface area contributed by atoms with Gasteiger partial charge in [0.1, 0.15) is 6.21 Å². The van der Waals surface area contributed by atoms with Crippen LogP contribution in [0.1, 0.15) is 5.82 Å². The van der Waals surface area contributed by atoms with E-state index < -0.39 is 0 Å². The second-order valence-electron chi connectivity index (χ2n) is 1.50. The van der Waals surface area contributed by atoms with Gasteiger partial charge in [-0.15, -0.1) is 0 Å². The smallest absolute Gasteiger partial charge is 0.173 e. The molecule has 1 N–H and O–H groups in total. The molecular formula is C5H4BrN3O. The number of hydrogen-bond donors (Lipinski definition) is 1. The zero-order valence-corrected chi connectivity index (χ0v) is 6.48. The largest absolute Gasteiger partial charge is 0.411 e. The van der Waals surface area contributed by atoms with Crippen molar-refractivity contribution in [1.82, 2.24) is 9.97 Å². The third kappa shape index (κ3) is 1.77. The van der Waals surface area contributed by atoms with Crippen LogP contribution in [0.2, 0.25) is 0 Å². The summed E-state index contributed by atoms with van der Waals surface area (Å²) in [5, 5.41) is 10.8. The third-order valence-electron chi connectivity index (χ3n) is 0.814. The third-order valence-corrected chi connectivity index (χ3v) is 1.22. The molecule has 0 bridgehead atoms. The molecule has 0 aliphatic carbocycles. The normalized spacial score (nSPS) is 10.5. The van der Waals surface area contributed by atoms with Crippen molar-refractivity contribution in [3.8, 4) is 0 Å². The molecule has 4 nitrogen and oxygen atoms in total. The van der Waals surface area contributed by atoms with Gasteiger partial charge in [0.15, 0.2) is 5.82 Å². The highest BCUT2D eigenvalue weighted by Gasteiger charge is 1.89. The molecule has 0 aliphatic heterocycles. The number of nitrogens with zero attached hydrogens (tertiary/aromatic N) is 3. The molecule has 0 aromatic carbocycles. The van der Waals surface area contributed by atoms with Gasteiger partial charge in [-0.3, -0.25) is 0 Å². The Morgan fingerprint density at radius 3 is 2.60 bits per heavy atom. The molecule has 0 saturated carbocycles. The minimum Gasteiger partial charge on any atom is -0.411 e. The van der Waals surface area contributed by atoms with Crippen LogP contribution >= 0.6 is 15.9 Å². The van der Waals surface area contributed by atoms with Gasteiger partial charge in [-0.05, 0) is 15.9 Å². The van der Waals surface area contributed by atoms with Gasteiger partial charge in [0.05, 0.1) is 4.47 Å². The van der Waals surface area contributed by atoms with E-state index in [4.69, 9.17) is 5.21 Å². The van der Waals surface area contributed by atoms with Crippen molar-refractivity contribution < 1.29 is 5.21 Å². The van der Waals surface area contributed by atoms with Crippen molar-refractivity contribution in [2.24, 2.45) is 5.16 Å². The lowest BCUT2D eigenvalue weighted by atomic mass is 10.6. The Morgan fingerprint density at radius 1 is 1.50 bits per heavy atom. The minimum absolute atomic E-state index is 0.380. The second-order valence-corrected chi connectivity index (χ2v) is 2.42. The molecule has 0 unspecified atom stereocenters. The van der Waals surface area contributed by atoms with E-state index in [-0.39, 0.29) is 0 Å².